The van der Waals surface area contributed by atoms with Gasteiger partial charge in [-0.15, -0.1) is 0 Å². The van der Waals surface area contributed by atoms with Crippen LogP contribution < -0.4 is 31.5 Å². The Labute approximate surface area is 263 Å². The molecule has 4 heterocycles. The number of H-pyrrole nitrogens is 2. The number of rotatable bonds is 0. The van der Waals surface area contributed by atoms with E-state index in [2.05, 4.69) is 19.9 Å². The molecular weight excluding hydrogens is 651 g/mol. The number of carbonyl (C=O) groups excluding carboxylic acids is 2. The summed E-state index contributed by atoms with van der Waals surface area (Å²) < 4.78 is 0. The van der Waals surface area contributed by atoms with E-state index >= 15 is 0 Å². The van der Waals surface area contributed by atoms with Crippen molar-refractivity contribution in [1.29, 1.82) is 10.5 Å². The van der Waals surface area contributed by atoms with Gasteiger partial charge in [0.05, 0.1) is 12.1 Å². The number of nitriles is 2. The summed E-state index contributed by atoms with van der Waals surface area (Å²) in [6.45, 7) is 1.86. The fraction of sp³-hybridized carbons (Fsp3) is 0.0769. The smallest absolute Gasteiger partial charge is 0.859 e. The van der Waals surface area contributed by atoms with Crippen molar-refractivity contribution in [2.45, 2.75) is 13.8 Å². The molecule has 2 radical (unpaired) electrons. The van der Waals surface area contributed by atoms with E-state index < -0.39 is 12.9 Å². The number of aromatic nitrogens is 4. The quantitative estimate of drug-likeness (QED) is 0.165. The van der Waals surface area contributed by atoms with Gasteiger partial charge in [-0.2, -0.15) is 10.5 Å². The average molecular weight is 678 g/mol. The first kappa shape index (κ1) is 49.7. The second-order valence-electron chi connectivity index (χ2n) is 5.43. The number of nitrogens with one attached hydrogen (secondary N) is 2. The maximum absolute atomic E-state index is 10.2. The van der Waals surface area contributed by atoms with Gasteiger partial charge in [0, 0.05) is 63.7 Å². The molecule has 0 unspecified atom stereocenters. The Hall–Kier alpha value is -5.24. The summed E-state index contributed by atoms with van der Waals surface area (Å²) in [6, 6.07) is 22.9. The molecule has 0 saturated heterocycles. The third kappa shape index (κ3) is 55.3. The van der Waals surface area contributed by atoms with Gasteiger partial charge in [-0.25, -0.2) is 0 Å². The van der Waals surface area contributed by atoms with E-state index in [9.17, 15) is 19.8 Å². The summed E-state index contributed by atoms with van der Waals surface area (Å²) in [6.07, 6.45) is 6.15. The molecule has 0 aromatic carbocycles. The van der Waals surface area contributed by atoms with E-state index in [0.717, 1.165) is 0 Å². The van der Waals surface area contributed by atoms with Crippen LogP contribution in [-0.2, 0) is 43.7 Å². The fourth-order valence-electron chi connectivity index (χ4n) is 1.45. The van der Waals surface area contributed by atoms with Gasteiger partial charge in [-0.05, 0) is 36.0 Å². The van der Waals surface area contributed by atoms with Gasteiger partial charge < -0.3 is 40.0 Å². The first-order valence-corrected chi connectivity index (χ1v) is 10.4. The van der Waals surface area contributed by atoms with Crippen molar-refractivity contribution in [1.82, 2.24) is 19.9 Å². The van der Waals surface area contributed by atoms with Crippen LogP contribution in [0.4, 0.5) is 0 Å². The SMILES string of the molecule is CC#N.CC#N.O=C[O-].O=C[O-].O=c1cccc[nH]1.O=c1cccc[nH]1.[Cu+2].[Cu+2].[O-]c1ccccn1.[O-]c1ccccn1. The zero-order valence-corrected chi connectivity index (χ0v) is 23.9. The Balaban J connectivity index is -0.0000000905. The molecule has 4 aromatic heterocycles. The molecule has 0 saturated carbocycles. The Morgan fingerprint density at radius 3 is 1.00 bits per heavy atom. The van der Waals surface area contributed by atoms with Gasteiger partial charge >= 0.3 is 34.1 Å². The zero-order chi connectivity index (χ0) is 31.3. The van der Waals surface area contributed by atoms with Crippen LogP contribution in [0.1, 0.15) is 13.8 Å². The first-order chi connectivity index (χ1) is 19.2. The van der Waals surface area contributed by atoms with Crippen LogP contribution in [0.15, 0.2) is 107 Å². The van der Waals surface area contributed by atoms with Crippen molar-refractivity contribution in [3.8, 4) is 23.9 Å². The van der Waals surface area contributed by atoms with Gasteiger partial charge in [0.2, 0.25) is 11.1 Å². The van der Waals surface area contributed by atoms with E-state index in [1.54, 1.807) is 73.1 Å². The summed E-state index contributed by atoms with van der Waals surface area (Å²) >= 11 is 0. The molecule has 0 amide bonds. The number of hydrogen-bond donors (Lipinski definition) is 2. The molecule has 0 spiro atoms. The van der Waals surface area contributed by atoms with Gasteiger partial charge in [-0.3, -0.25) is 19.6 Å². The zero-order valence-electron chi connectivity index (χ0n) is 22.1. The van der Waals surface area contributed by atoms with Crippen LogP contribution in [0, 0.1) is 22.7 Å². The van der Waals surface area contributed by atoms with Crippen LogP contribution in [0.3, 0.4) is 0 Å². The molecule has 42 heavy (non-hydrogen) atoms. The summed E-state index contributed by atoms with van der Waals surface area (Å²) in [5.41, 5.74) is -0.106. The Kier molecular flexibility index (Phi) is 54.0. The number of aromatic amines is 2. The number of pyridine rings is 4. The second kappa shape index (κ2) is 45.7. The van der Waals surface area contributed by atoms with E-state index in [-0.39, 0.29) is 57.0 Å². The molecular formula is C26H26Cu2N6O8. The molecule has 230 valence electrons. The maximum atomic E-state index is 10.2. The molecule has 16 heteroatoms. The van der Waals surface area contributed by atoms with E-state index in [4.69, 9.17) is 30.3 Å². The molecule has 4 aromatic rings. The van der Waals surface area contributed by atoms with E-state index in [0.29, 0.717) is 0 Å². The minimum atomic E-state index is -0.500. The second-order valence-corrected chi connectivity index (χ2v) is 5.43. The largest absolute Gasteiger partial charge is 2.00 e. The van der Waals surface area contributed by atoms with Crippen molar-refractivity contribution in [2.24, 2.45) is 0 Å². The molecule has 4 rings (SSSR count). The molecule has 14 nitrogen and oxygen atoms in total. The predicted octanol–water partition coefficient (Wildman–Crippen LogP) is -1.15. The number of nitrogens with zero attached hydrogens (tertiary/aromatic N) is 4. The first-order valence-electron chi connectivity index (χ1n) is 10.4. The predicted molar refractivity (Wildman–Crippen MR) is 136 cm³/mol. The minimum absolute atomic E-state index is 0. The molecule has 2 N–H and O–H groups in total. The average Bonchev–Trinajstić information content (AvgIpc) is 2.94. The molecule has 0 aliphatic carbocycles. The van der Waals surface area contributed by atoms with E-state index in [1.165, 1.54) is 50.5 Å². The van der Waals surface area contributed by atoms with E-state index in [1.807, 2.05) is 0 Å². The summed E-state index contributed by atoms with van der Waals surface area (Å²) in [7, 11) is 0. The van der Waals surface area contributed by atoms with Crippen molar-refractivity contribution < 1.29 is 64.2 Å². The molecule has 0 bridgehead atoms. The Morgan fingerprint density at radius 1 is 0.643 bits per heavy atom. The van der Waals surface area contributed by atoms with Crippen LogP contribution in [0.2, 0.25) is 0 Å². The van der Waals surface area contributed by atoms with Crippen LogP contribution in [-0.4, -0.2) is 32.9 Å². The Morgan fingerprint density at radius 2 is 0.905 bits per heavy atom. The third-order valence-corrected chi connectivity index (χ3v) is 2.64. The van der Waals surface area contributed by atoms with Crippen LogP contribution in [0.25, 0.3) is 0 Å². The van der Waals surface area contributed by atoms with Crippen molar-refractivity contribution in [3.05, 3.63) is 118 Å². The number of carbonyl (C=O) groups is 2. The van der Waals surface area contributed by atoms with Gasteiger partial charge in [0.1, 0.15) is 0 Å². The number of carboxylic acid groups (broad SMARTS) is 2. The maximum Gasteiger partial charge on any atom is 2.00 e. The molecule has 0 atom stereocenters. The van der Waals surface area contributed by atoms with Gasteiger partial charge in [-0.1, -0.05) is 36.4 Å². The molecule has 0 fully saturated rings. The summed E-state index contributed by atoms with van der Waals surface area (Å²) in [4.78, 5) is 48.7. The monoisotopic (exact) mass is 676 g/mol. The molecule has 0 aliphatic rings. The normalized spacial score (nSPS) is 6.67. The van der Waals surface area contributed by atoms with Gasteiger partial charge in [0.25, 0.3) is 0 Å². The third-order valence-electron chi connectivity index (χ3n) is 2.64. The standard InChI is InChI=1S/4C5H5NO.2C2H3N.2CH2O2.2Cu/c4*7-5-3-1-2-4-6-5;2*1-2-3;2*2-1-3;;/h4*1-4H,(H,6,7);2*1H3;2*1H,(H,2,3);;/q;;;;;;;;2*+2/p-4. The van der Waals surface area contributed by atoms with Crippen molar-refractivity contribution in [2.75, 3.05) is 0 Å². The van der Waals surface area contributed by atoms with Crippen molar-refractivity contribution >= 4 is 12.9 Å². The van der Waals surface area contributed by atoms with Gasteiger partial charge in [0.15, 0.2) is 0 Å². The summed E-state index contributed by atoms with van der Waals surface area (Å²) in [5, 5.41) is 51.5. The number of hydrogen-bond acceptors (Lipinski definition) is 12. The van der Waals surface area contributed by atoms with Crippen LogP contribution >= 0.6 is 0 Å². The topological polar surface area (TPSA) is 265 Å². The van der Waals surface area contributed by atoms with Crippen LogP contribution in [0.5, 0.6) is 11.8 Å². The summed E-state index contributed by atoms with van der Waals surface area (Å²) in [5.74, 6) is -0.356. The van der Waals surface area contributed by atoms with Crippen molar-refractivity contribution in [3.63, 3.8) is 0 Å². The fourth-order valence-corrected chi connectivity index (χ4v) is 1.45. The minimum Gasteiger partial charge on any atom is -0.859 e. The molecule has 0 aliphatic heterocycles. The Bertz CT molecular complexity index is 1150.